The number of methoxy groups -OCH3 is 1. The lowest BCUT2D eigenvalue weighted by atomic mass is 10.1. The van der Waals surface area contributed by atoms with Crippen molar-refractivity contribution >= 4 is 5.91 Å². The zero-order chi connectivity index (χ0) is 14.3. The molecule has 1 aromatic rings. The summed E-state index contributed by atoms with van der Waals surface area (Å²) >= 11 is 0. The first kappa shape index (κ1) is 15.4. The van der Waals surface area contributed by atoms with E-state index in [1.54, 1.807) is 13.0 Å². The first-order valence-electron chi connectivity index (χ1n) is 5.98. The van der Waals surface area contributed by atoms with Gasteiger partial charge < -0.3 is 20.5 Å². The number of carbonyl (C=O) groups excluding carboxylic acids is 1. The van der Waals surface area contributed by atoms with E-state index in [-0.39, 0.29) is 24.3 Å². The van der Waals surface area contributed by atoms with Gasteiger partial charge >= 0.3 is 0 Å². The Hall–Kier alpha value is -1.66. The Labute approximate surface area is 111 Å². The second-order valence-electron chi connectivity index (χ2n) is 4.11. The molecule has 1 rings (SSSR count). The second-order valence-corrected chi connectivity index (χ2v) is 4.11. The minimum Gasteiger partial charge on any atom is -0.481 e. The molecule has 1 atom stereocenters. The van der Waals surface area contributed by atoms with Gasteiger partial charge in [-0.1, -0.05) is 6.07 Å². The summed E-state index contributed by atoms with van der Waals surface area (Å²) < 4.78 is 23.5. The monoisotopic (exact) mass is 270 g/mol. The summed E-state index contributed by atoms with van der Waals surface area (Å²) in [5.74, 6) is -0.821. The second kappa shape index (κ2) is 7.70. The molecule has 0 fully saturated rings. The molecule has 19 heavy (non-hydrogen) atoms. The van der Waals surface area contributed by atoms with Crippen molar-refractivity contribution in [2.45, 2.75) is 13.0 Å². The molecule has 0 aliphatic rings. The molecule has 0 saturated carbocycles. The predicted octanol–water partition coefficient (Wildman–Crippen LogP) is 0.987. The van der Waals surface area contributed by atoms with Crippen LogP contribution in [0.5, 0.6) is 5.75 Å². The van der Waals surface area contributed by atoms with Crippen LogP contribution >= 0.6 is 0 Å². The van der Waals surface area contributed by atoms with Crippen LogP contribution in [0.4, 0.5) is 4.39 Å². The Balaban J connectivity index is 2.47. The summed E-state index contributed by atoms with van der Waals surface area (Å²) in [4.78, 5) is 11.3. The van der Waals surface area contributed by atoms with E-state index >= 15 is 0 Å². The van der Waals surface area contributed by atoms with Gasteiger partial charge in [0.05, 0.1) is 6.61 Å². The highest BCUT2D eigenvalue weighted by atomic mass is 19.1. The fourth-order valence-corrected chi connectivity index (χ4v) is 1.40. The average molecular weight is 270 g/mol. The van der Waals surface area contributed by atoms with Crippen LogP contribution in [0.25, 0.3) is 0 Å². The average Bonchev–Trinajstić information content (AvgIpc) is 2.37. The maximum atomic E-state index is 13.6. The Kier molecular flexibility index (Phi) is 6.24. The molecule has 0 unspecified atom stereocenters. The molecule has 6 heteroatoms. The number of benzene rings is 1. The maximum Gasteiger partial charge on any atom is 0.258 e. The zero-order valence-corrected chi connectivity index (χ0v) is 11.1. The Morgan fingerprint density at radius 1 is 1.53 bits per heavy atom. The third-order valence-electron chi connectivity index (χ3n) is 2.47. The van der Waals surface area contributed by atoms with Crippen LogP contribution in [-0.2, 0) is 9.53 Å². The van der Waals surface area contributed by atoms with Crippen LogP contribution in [0.2, 0.25) is 0 Å². The van der Waals surface area contributed by atoms with Crippen molar-refractivity contribution in [3.05, 3.63) is 29.6 Å². The van der Waals surface area contributed by atoms with E-state index in [1.165, 1.54) is 19.2 Å². The number of rotatable bonds is 7. The summed E-state index contributed by atoms with van der Waals surface area (Å²) in [6, 6.07) is 4.20. The number of carbonyl (C=O) groups is 1. The van der Waals surface area contributed by atoms with E-state index in [9.17, 15) is 9.18 Å². The van der Waals surface area contributed by atoms with Crippen LogP contribution in [0, 0.1) is 5.82 Å². The number of nitrogens with one attached hydrogen (secondary N) is 1. The molecule has 0 spiro atoms. The first-order valence-corrected chi connectivity index (χ1v) is 5.98. The van der Waals surface area contributed by atoms with Gasteiger partial charge in [0.1, 0.15) is 0 Å². The Morgan fingerprint density at radius 2 is 2.26 bits per heavy atom. The fourth-order valence-electron chi connectivity index (χ4n) is 1.40. The minimum absolute atomic E-state index is 0.0336. The van der Waals surface area contributed by atoms with Gasteiger partial charge in [-0.3, -0.25) is 4.79 Å². The first-order chi connectivity index (χ1) is 9.04. The SMILES string of the molecule is COCCNC(=O)COc1ccc([C@@H](C)N)cc1F. The van der Waals surface area contributed by atoms with Crippen molar-refractivity contribution < 1.29 is 18.7 Å². The molecule has 0 aromatic heterocycles. The van der Waals surface area contributed by atoms with Crippen LogP contribution in [0.15, 0.2) is 18.2 Å². The van der Waals surface area contributed by atoms with Crippen LogP contribution in [0.3, 0.4) is 0 Å². The van der Waals surface area contributed by atoms with E-state index in [2.05, 4.69) is 5.32 Å². The van der Waals surface area contributed by atoms with Gasteiger partial charge in [0.2, 0.25) is 0 Å². The molecule has 0 saturated heterocycles. The molecule has 0 radical (unpaired) electrons. The number of halogens is 1. The van der Waals surface area contributed by atoms with Crippen LogP contribution < -0.4 is 15.8 Å². The number of ether oxygens (including phenoxy) is 2. The molecule has 106 valence electrons. The van der Waals surface area contributed by atoms with Crippen molar-refractivity contribution in [1.29, 1.82) is 0 Å². The van der Waals surface area contributed by atoms with Gasteiger partial charge in [0.15, 0.2) is 18.2 Å². The van der Waals surface area contributed by atoms with Gasteiger partial charge in [-0.2, -0.15) is 0 Å². The van der Waals surface area contributed by atoms with Gasteiger partial charge in [-0.05, 0) is 24.6 Å². The highest BCUT2D eigenvalue weighted by Crippen LogP contribution is 2.20. The molecule has 0 aliphatic heterocycles. The molecular weight excluding hydrogens is 251 g/mol. The lowest BCUT2D eigenvalue weighted by molar-refractivity contribution is -0.123. The number of hydrogen-bond donors (Lipinski definition) is 2. The lowest BCUT2D eigenvalue weighted by Gasteiger charge is -2.10. The van der Waals surface area contributed by atoms with E-state index < -0.39 is 5.82 Å². The maximum absolute atomic E-state index is 13.6. The van der Waals surface area contributed by atoms with Gasteiger partial charge in [0, 0.05) is 19.7 Å². The third kappa shape index (κ3) is 5.23. The smallest absolute Gasteiger partial charge is 0.258 e. The summed E-state index contributed by atoms with van der Waals surface area (Å²) in [5.41, 5.74) is 6.31. The summed E-state index contributed by atoms with van der Waals surface area (Å²) in [5, 5.41) is 2.57. The minimum atomic E-state index is -0.528. The van der Waals surface area contributed by atoms with Crippen LogP contribution in [0.1, 0.15) is 18.5 Å². The molecule has 1 amide bonds. The van der Waals surface area contributed by atoms with Crippen LogP contribution in [-0.4, -0.2) is 32.8 Å². The normalized spacial score (nSPS) is 12.0. The molecule has 0 bridgehead atoms. The largest absolute Gasteiger partial charge is 0.481 e. The molecule has 5 nitrogen and oxygen atoms in total. The molecule has 0 heterocycles. The lowest BCUT2D eigenvalue weighted by Crippen LogP contribution is -2.31. The number of amides is 1. The standard InChI is InChI=1S/C13H19FN2O3/c1-9(15)10-3-4-12(11(14)7-10)19-8-13(17)16-5-6-18-2/h3-4,7,9H,5-6,8,15H2,1-2H3,(H,16,17)/t9-/m1/s1. The molecule has 3 N–H and O–H groups in total. The predicted molar refractivity (Wildman–Crippen MR) is 69.4 cm³/mol. The van der Waals surface area contributed by atoms with E-state index in [1.807, 2.05) is 0 Å². The van der Waals surface area contributed by atoms with Crippen molar-refractivity contribution in [2.24, 2.45) is 5.73 Å². The van der Waals surface area contributed by atoms with Gasteiger partial charge in [0.25, 0.3) is 5.91 Å². The number of nitrogens with two attached hydrogens (primary N) is 1. The van der Waals surface area contributed by atoms with Crippen molar-refractivity contribution in [2.75, 3.05) is 26.9 Å². The molecule has 0 aliphatic carbocycles. The van der Waals surface area contributed by atoms with E-state index in [0.29, 0.717) is 18.7 Å². The zero-order valence-electron chi connectivity index (χ0n) is 11.1. The topological polar surface area (TPSA) is 73.6 Å². The molecular formula is C13H19FN2O3. The number of hydrogen-bond acceptors (Lipinski definition) is 4. The van der Waals surface area contributed by atoms with Crippen molar-refractivity contribution in [3.8, 4) is 5.75 Å². The highest BCUT2D eigenvalue weighted by Gasteiger charge is 2.09. The summed E-state index contributed by atoms with van der Waals surface area (Å²) in [7, 11) is 1.54. The van der Waals surface area contributed by atoms with Crippen molar-refractivity contribution in [1.82, 2.24) is 5.32 Å². The van der Waals surface area contributed by atoms with E-state index in [0.717, 1.165) is 0 Å². The summed E-state index contributed by atoms with van der Waals surface area (Å²) in [6.07, 6.45) is 0. The third-order valence-corrected chi connectivity index (χ3v) is 2.47. The fraction of sp³-hybridized carbons (Fsp3) is 0.462. The van der Waals surface area contributed by atoms with Gasteiger partial charge in [-0.15, -0.1) is 0 Å². The van der Waals surface area contributed by atoms with E-state index in [4.69, 9.17) is 15.2 Å². The highest BCUT2D eigenvalue weighted by molar-refractivity contribution is 5.77. The van der Waals surface area contributed by atoms with Crippen molar-refractivity contribution in [3.63, 3.8) is 0 Å². The Bertz CT molecular complexity index is 424. The quantitative estimate of drug-likeness (QED) is 0.725. The Morgan fingerprint density at radius 3 is 2.84 bits per heavy atom. The molecule has 1 aromatic carbocycles. The summed E-state index contributed by atoms with van der Waals surface area (Å²) in [6.45, 7) is 2.34. The van der Waals surface area contributed by atoms with Gasteiger partial charge in [-0.25, -0.2) is 4.39 Å².